The molecule has 4 N–H and O–H groups in total. The molecule has 3 aromatic rings. The van der Waals surface area contributed by atoms with Gasteiger partial charge < -0.3 is 10.1 Å². The number of fused-ring (bicyclic) bond motifs is 1. The second kappa shape index (κ2) is 5.16. The lowest BCUT2D eigenvalue weighted by molar-refractivity contribution is 0.447. The Bertz CT molecular complexity index is 931. The smallest absolute Gasteiger partial charge is 0.328 e. The fraction of sp³-hybridized carbons (Fsp3) is 0.0667. The van der Waals surface area contributed by atoms with Gasteiger partial charge in [-0.05, 0) is 24.1 Å². The summed E-state index contributed by atoms with van der Waals surface area (Å²) in [4.78, 5) is 29.9. The minimum Gasteiger partial charge on any atom is -0.494 e. The predicted molar refractivity (Wildman–Crippen MR) is 80.4 cm³/mol. The molecule has 1 aromatic carbocycles. The highest BCUT2D eigenvalue weighted by Gasteiger charge is 2.05. The molecule has 0 saturated carbocycles. The molecule has 0 unspecified atom stereocenters. The number of aromatic nitrogens is 3. The molecule has 0 amide bonds. The van der Waals surface area contributed by atoms with Gasteiger partial charge in [-0.25, -0.2) is 4.79 Å². The molecule has 0 atom stereocenters. The molecular weight excluding hydrogens is 270 g/mol. The van der Waals surface area contributed by atoms with Crippen molar-refractivity contribution in [2.45, 2.75) is 6.42 Å². The number of H-pyrrole nitrogens is 3. The molecule has 0 aliphatic heterocycles. The van der Waals surface area contributed by atoms with Crippen LogP contribution in [0.4, 0.5) is 0 Å². The van der Waals surface area contributed by atoms with Gasteiger partial charge in [-0.15, -0.1) is 0 Å². The number of aromatic hydroxyl groups is 1. The summed E-state index contributed by atoms with van der Waals surface area (Å²) in [5.74, 6) is -0.432. The fourth-order valence-electron chi connectivity index (χ4n) is 2.24. The predicted octanol–water partition coefficient (Wildman–Crippen LogP) is 1.51. The van der Waals surface area contributed by atoms with E-state index >= 15 is 0 Å². The highest BCUT2D eigenvalue weighted by molar-refractivity contribution is 5.83. The first-order chi connectivity index (χ1) is 10.1. The number of hydrogen-bond acceptors (Lipinski definition) is 3. The first kappa shape index (κ1) is 13.0. The lowest BCUT2D eigenvalue weighted by Gasteiger charge is -1.97. The molecular formula is C15H13N3O3. The van der Waals surface area contributed by atoms with Gasteiger partial charge in [-0.3, -0.25) is 14.8 Å². The Morgan fingerprint density at radius 3 is 2.76 bits per heavy atom. The van der Waals surface area contributed by atoms with E-state index in [0.717, 1.165) is 16.5 Å². The SMILES string of the molecule is O=c1[nH]c(O)c(C=CCc2c[nH]c3ccccc23)c(=O)[nH]1. The molecule has 0 saturated heterocycles. The van der Waals surface area contributed by atoms with Crippen molar-refractivity contribution in [3.63, 3.8) is 0 Å². The van der Waals surface area contributed by atoms with E-state index in [4.69, 9.17) is 0 Å². The quantitative estimate of drug-likeness (QED) is 0.586. The number of para-hydroxylation sites is 1. The number of aromatic amines is 3. The van der Waals surface area contributed by atoms with Crippen molar-refractivity contribution in [2.24, 2.45) is 0 Å². The van der Waals surface area contributed by atoms with Crippen molar-refractivity contribution in [3.05, 3.63) is 68.5 Å². The monoisotopic (exact) mass is 283 g/mol. The summed E-state index contributed by atoms with van der Waals surface area (Å²) < 4.78 is 0. The van der Waals surface area contributed by atoms with Crippen LogP contribution in [0.25, 0.3) is 17.0 Å². The van der Waals surface area contributed by atoms with Crippen LogP contribution in [0.15, 0.2) is 46.1 Å². The fourth-order valence-corrected chi connectivity index (χ4v) is 2.24. The average molecular weight is 283 g/mol. The van der Waals surface area contributed by atoms with E-state index in [1.165, 1.54) is 6.08 Å². The maximum atomic E-state index is 11.6. The van der Waals surface area contributed by atoms with E-state index in [-0.39, 0.29) is 5.56 Å². The minimum atomic E-state index is -0.730. The largest absolute Gasteiger partial charge is 0.494 e. The van der Waals surface area contributed by atoms with Crippen LogP contribution in [-0.2, 0) is 6.42 Å². The lowest BCUT2D eigenvalue weighted by atomic mass is 10.1. The number of hydrogen-bond donors (Lipinski definition) is 4. The van der Waals surface area contributed by atoms with Gasteiger partial charge in [0.2, 0.25) is 5.88 Å². The first-order valence-electron chi connectivity index (χ1n) is 6.42. The van der Waals surface area contributed by atoms with Gasteiger partial charge in [-0.2, -0.15) is 0 Å². The van der Waals surface area contributed by atoms with Gasteiger partial charge in [0.15, 0.2) is 0 Å². The Hall–Kier alpha value is -3.02. The average Bonchev–Trinajstić information content (AvgIpc) is 2.85. The van der Waals surface area contributed by atoms with E-state index in [9.17, 15) is 14.7 Å². The summed E-state index contributed by atoms with van der Waals surface area (Å²) >= 11 is 0. The maximum Gasteiger partial charge on any atom is 0.328 e. The third kappa shape index (κ3) is 2.51. The van der Waals surface area contributed by atoms with Gasteiger partial charge >= 0.3 is 5.69 Å². The molecule has 0 aliphatic rings. The molecule has 21 heavy (non-hydrogen) atoms. The topological polar surface area (TPSA) is 102 Å². The van der Waals surface area contributed by atoms with E-state index < -0.39 is 17.1 Å². The standard InChI is InChI=1S/C15H13N3O3/c19-13-11(14(20)18-15(21)17-13)6-3-4-9-8-16-12-7-2-1-5-10(9)12/h1-3,5-8,16H,4H2,(H3,17,18,19,20,21). The van der Waals surface area contributed by atoms with Crippen LogP contribution in [0.2, 0.25) is 0 Å². The van der Waals surface area contributed by atoms with Gasteiger partial charge in [0.25, 0.3) is 5.56 Å². The van der Waals surface area contributed by atoms with Crippen molar-refractivity contribution in [2.75, 3.05) is 0 Å². The van der Waals surface area contributed by atoms with Gasteiger partial charge in [0.1, 0.15) is 0 Å². The Morgan fingerprint density at radius 1 is 1.14 bits per heavy atom. The van der Waals surface area contributed by atoms with Crippen LogP contribution >= 0.6 is 0 Å². The summed E-state index contributed by atoms with van der Waals surface area (Å²) in [5, 5.41) is 10.7. The summed E-state index contributed by atoms with van der Waals surface area (Å²) in [6.45, 7) is 0. The maximum absolute atomic E-state index is 11.6. The van der Waals surface area contributed by atoms with E-state index in [1.54, 1.807) is 6.08 Å². The van der Waals surface area contributed by atoms with Crippen LogP contribution < -0.4 is 11.2 Å². The second-order valence-electron chi connectivity index (χ2n) is 4.64. The summed E-state index contributed by atoms with van der Waals surface area (Å²) in [7, 11) is 0. The molecule has 6 heteroatoms. The first-order valence-corrected chi connectivity index (χ1v) is 6.42. The summed E-state index contributed by atoms with van der Waals surface area (Å²) in [6, 6.07) is 7.92. The van der Waals surface area contributed by atoms with Gasteiger partial charge in [0.05, 0.1) is 5.56 Å². The molecule has 0 radical (unpaired) electrons. The van der Waals surface area contributed by atoms with Crippen molar-refractivity contribution in [1.29, 1.82) is 0 Å². The molecule has 6 nitrogen and oxygen atoms in total. The molecule has 0 spiro atoms. The normalized spacial score (nSPS) is 11.4. The van der Waals surface area contributed by atoms with Crippen LogP contribution in [0, 0.1) is 0 Å². The van der Waals surface area contributed by atoms with Crippen LogP contribution in [0.1, 0.15) is 11.1 Å². The van der Waals surface area contributed by atoms with Crippen LogP contribution in [-0.4, -0.2) is 20.1 Å². The molecule has 2 heterocycles. The summed E-state index contributed by atoms with van der Waals surface area (Å²) in [6.07, 6.45) is 5.76. The second-order valence-corrected chi connectivity index (χ2v) is 4.64. The molecule has 0 fully saturated rings. The Labute approximate surface area is 118 Å². The lowest BCUT2D eigenvalue weighted by Crippen LogP contribution is -2.23. The minimum absolute atomic E-state index is 0.0365. The van der Waals surface area contributed by atoms with Crippen LogP contribution in [0.3, 0.4) is 0 Å². The van der Waals surface area contributed by atoms with Crippen molar-refractivity contribution >= 4 is 17.0 Å². The number of rotatable bonds is 3. The zero-order chi connectivity index (χ0) is 14.8. The molecule has 0 bridgehead atoms. The number of benzene rings is 1. The van der Waals surface area contributed by atoms with E-state index in [2.05, 4.69) is 15.0 Å². The van der Waals surface area contributed by atoms with Crippen LogP contribution in [0.5, 0.6) is 5.88 Å². The Kier molecular flexibility index (Phi) is 3.19. The molecule has 3 rings (SSSR count). The highest BCUT2D eigenvalue weighted by Crippen LogP contribution is 2.18. The molecule has 0 aliphatic carbocycles. The van der Waals surface area contributed by atoms with Gasteiger partial charge in [-0.1, -0.05) is 24.3 Å². The van der Waals surface area contributed by atoms with E-state index in [1.807, 2.05) is 30.5 Å². The Morgan fingerprint density at radius 2 is 1.95 bits per heavy atom. The van der Waals surface area contributed by atoms with Crippen molar-refractivity contribution in [3.8, 4) is 5.88 Å². The zero-order valence-corrected chi connectivity index (χ0v) is 11.0. The Balaban J connectivity index is 1.88. The third-order valence-corrected chi connectivity index (χ3v) is 3.26. The van der Waals surface area contributed by atoms with Crippen molar-refractivity contribution < 1.29 is 5.11 Å². The third-order valence-electron chi connectivity index (χ3n) is 3.26. The molecule has 106 valence electrons. The van der Waals surface area contributed by atoms with E-state index in [0.29, 0.717) is 6.42 Å². The zero-order valence-electron chi connectivity index (χ0n) is 11.0. The molecule has 2 aromatic heterocycles. The summed E-state index contributed by atoms with van der Waals surface area (Å²) in [5.41, 5.74) is 0.819. The highest BCUT2D eigenvalue weighted by atomic mass is 16.3. The van der Waals surface area contributed by atoms with Crippen molar-refractivity contribution in [1.82, 2.24) is 15.0 Å². The number of nitrogens with one attached hydrogen (secondary N) is 3. The number of allylic oxidation sites excluding steroid dienone is 1. The van der Waals surface area contributed by atoms with Gasteiger partial charge in [0, 0.05) is 17.1 Å².